The van der Waals surface area contributed by atoms with E-state index in [0.717, 1.165) is 43.8 Å². The summed E-state index contributed by atoms with van der Waals surface area (Å²) in [6.07, 6.45) is 0.667. The third-order valence-corrected chi connectivity index (χ3v) is 22.1. The van der Waals surface area contributed by atoms with Crippen LogP contribution in [0.4, 0.5) is 11.4 Å². The molecule has 14 heteroatoms. The highest BCUT2D eigenvalue weighted by atomic mass is 16.5. The van der Waals surface area contributed by atoms with Crippen LogP contribution in [0.2, 0.25) is 0 Å². The largest absolute Gasteiger partial charge is 0.457 e. The van der Waals surface area contributed by atoms with Crippen LogP contribution in [0.1, 0.15) is 211 Å². The molecule has 2 unspecified atom stereocenters. The van der Waals surface area contributed by atoms with Crippen LogP contribution >= 0.6 is 0 Å². The Hall–Kier alpha value is -12.4. The molecule has 0 saturated heterocycles. The van der Waals surface area contributed by atoms with Gasteiger partial charge in [0.1, 0.15) is 58.1 Å². The number of nitrogens with zero attached hydrogens (tertiary/aromatic N) is 1. The number of nitrogens with one attached hydrogen (secondary N) is 3. The first kappa shape index (κ1) is 80.2. The van der Waals surface area contributed by atoms with Gasteiger partial charge in [0.05, 0.1) is 16.7 Å². The summed E-state index contributed by atoms with van der Waals surface area (Å²) in [7, 11) is 0. The van der Waals surface area contributed by atoms with E-state index in [2.05, 4.69) is 141 Å². The van der Waals surface area contributed by atoms with Crippen LogP contribution in [0, 0.1) is 0 Å². The number of rotatable bonds is 20. The van der Waals surface area contributed by atoms with Crippen LogP contribution in [-0.4, -0.2) is 52.8 Å². The Labute approximate surface area is 680 Å². The number of fused-ring (bicyclic) bond motifs is 2. The summed E-state index contributed by atoms with van der Waals surface area (Å²) in [6.45, 7) is 38.1. The van der Waals surface area contributed by atoms with E-state index in [9.17, 15) is 4.79 Å². The second-order valence-electron chi connectivity index (χ2n) is 36.9. The van der Waals surface area contributed by atoms with Gasteiger partial charge in [-0.05, 0) is 174 Å². The number of carbonyl (C=O) groups excluding carboxylic acids is 6. The van der Waals surface area contributed by atoms with E-state index in [-0.39, 0.29) is 134 Å². The molecule has 1 aliphatic heterocycles. The maximum Gasteiger partial charge on any atom is 0.262 e. The van der Waals surface area contributed by atoms with E-state index in [4.69, 9.17) is 18.9 Å². The molecule has 2 atom stereocenters. The molecular weight excluding hydrogens is 1440 g/mol. The van der Waals surface area contributed by atoms with Gasteiger partial charge in [0.15, 0.2) is 6.29 Å². The zero-order valence-electron chi connectivity index (χ0n) is 69.6. The molecule has 5 amide bonds. The van der Waals surface area contributed by atoms with Crippen molar-refractivity contribution in [2.75, 3.05) is 10.6 Å². The molecule has 13 aromatic carbocycles. The van der Waals surface area contributed by atoms with Gasteiger partial charge in [0, 0.05) is 72.9 Å². The summed E-state index contributed by atoms with van der Waals surface area (Å²) in [6, 6.07) is 68.4. The van der Waals surface area contributed by atoms with Crippen molar-refractivity contribution in [1.29, 1.82) is 0 Å². The molecule has 1 aliphatic rings. The van der Waals surface area contributed by atoms with Crippen molar-refractivity contribution in [2.45, 2.75) is 182 Å². The van der Waals surface area contributed by atoms with E-state index < -0.39 is 41.6 Å². The standard InChI is InChI=1S/C102H102N4O10/c1-97(2,3)63-29-41-69(42-30-63)103-93(109)78(53-60-25-21-19-22-26-60)105-92(108)75-56-81(114-72-47-35-66(36-48-72)100(10,11)12)87-89-83(116-74-51-39-68(40-52-74)102(16,17)18)58-77-85-76(95(111)106(96(77)112)79(54-61-27-23-20-24-28-61)94(110)104-70-43-31-64(32-44-70)98(4,5)6)57-82(115-73-49-37-67(38-50-73)101(13,14)15)88(91(85)89)86-80(55-62(59-107)84(75)90(86)87)113-71-45-33-65(34-46-71)99(7,8)9/h19-52,55-59,78-79H,53-54H2,1-18H3,(H,103,109)(H,104,110)(H,105,108). The number of anilines is 2. The Morgan fingerprint density at radius 3 is 0.983 bits per heavy atom. The fourth-order valence-electron chi connectivity index (χ4n) is 15.4. The maximum atomic E-state index is 16.9. The molecule has 590 valence electrons. The number of hydrogen-bond acceptors (Lipinski definition) is 10. The molecule has 0 fully saturated rings. The Morgan fingerprint density at radius 2 is 0.647 bits per heavy atom. The number of aldehydes is 1. The van der Waals surface area contributed by atoms with Crippen LogP contribution < -0.4 is 34.9 Å². The van der Waals surface area contributed by atoms with E-state index in [1.807, 2.05) is 206 Å². The molecule has 0 aromatic heterocycles. The predicted octanol–water partition coefficient (Wildman–Crippen LogP) is 24.3. The Balaban J connectivity index is 1.12. The molecule has 0 spiro atoms. The van der Waals surface area contributed by atoms with Gasteiger partial charge in [-0.2, -0.15) is 0 Å². The first-order chi connectivity index (χ1) is 54.8. The number of hydrogen-bond donors (Lipinski definition) is 3. The summed E-state index contributed by atoms with van der Waals surface area (Å²) in [4.78, 5) is 97.2. The summed E-state index contributed by atoms with van der Waals surface area (Å²) in [5.41, 5.74) is 7.12. The first-order valence-electron chi connectivity index (χ1n) is 39.8. The molecule has 0 bridgehead atoms. The van der Waals surface area contributed by atoms with E-state index in [1.54, 1.807) is 24.3 Å². The molecule has 0 aliphatic carbocycles. The summed E-state index contributed by atoms with van der Waals surface area (Å²) >= 11 is 0. The Bertz CT molecular complexity index is 5650. The number of benzene rings is 13. The average molecular weight is 1540 g/mol. The molecular formula is C102H102N4O10. The third kappa shape index (κ3) is 16.5. The second kappa shape index (κ2) is 30.7. The molecule has 0 saturated carbocycles. The molecule has 13 aromatic rings. The lowest BCUT2D eigenvalue weighted by molar-refractivity contribution is -0.120. The van der Waals surface area contributed by atoms with Crippen molar-refractivity contribution in [1.82, 2.24) is 10.2 Å². The van der Waals surface area contributed by atoms with Gasteiger partial charge in [-0.15, -0.1) is 0 Å². The summed E-state index contributed by atoms with van der Waals surface area (Å²) in [5, 5.41) is 11.4. The molecule has 0 radical (unpaired) electrons. The van der Waals surface area contributed by atoms with Crippen molar-refractivity contribution < 1.29 is 47.7 Å². The Kier molecular flexibility index (Phi) is 21.2. The second-order valence-corrected chi connectivity index (χ2v) is 36.9. The predicted molar refractivity (Wildman–Crippen MR) is 467 cm³/mol. The minimum atomic E-state index is -1.45. The van der Waals surface area contributed by atoms with Crippen molar-refractivity contribution in [3.63, 3.8) is 0 Å². The molecule has 14 rings (SSSR count). The van der Waals surface area contributed by atoms with Gasteiger partial charge < -0.3 is 34.9 Å². The third-order valence-electron chi connectivity index (χ3n) is 22.1. The normalized spacial score (nSPS) is 13.4. The van der Waals surface area contributed by atoms with Crippen LogP contribution in [0.15, 0.2) is 231 Å². The van der Waals surface area contributed by atoms with Gasteiger partial charge in [-0.25, -0.2) is 0 Å². The molecule has 116 heavy (non-hydrogen) atoms. The summed E-state index contributed by atoms with van der Waals surface area (Å²) in [5.74, 6) is -1.62. The first-order valence-corrected chi connectivity index (χ1v) is 39.8. The Morgan fingerprint density at radius 1 is 0.345 bits per heavy atom. The fraction of sp³-hybridized carbons (Fsp3) is 0.275. The minimum absolute atomic E-state index is 0.0101. The highest BCUT2D eigenvalue weighted by Gasteiger charge is 2.44. The number of carbonyl (C=O) groups is 6. The molecule has 1 heterocycles. The van der Waals surface area contributed by atoms with Crippen molar-refractivity contribution in [2.24, 2.45) is 0 Å². The molecule has 3 N–H and O–H groups in total. The van der Waals surface area contributed by atoms with Gasteiger partial charge in [0.2, 0.25) is 11.8 Å². The molecule has 14 nitrogen and oxygen atoms in total. The summed E-state index contributed by atoms with van der Waals surface area (Å²) < 4.78 is 29.7. The quantitative estimate of drug-likeness (QED) is 0.0288. The lowest BCUT2D eigenvalue weighted by Crippen LogP contribution is -2.53. The minimum Gasteiger partial charge on any atom is -0.457 e. The van der Waals surface area contributed by atoms with Crippen LogP contribution in [0.25, 0.3) is 43.1 Å². The van der Waals surface area contributed by atoms with Crippen molar-refractivity contribution in [3.05, 3.63) is 297 Å². The lowest BCUT2D eigenvalue weighted by Gasteiger charge is -2.35. The number of amides is 5. The van der Waals surface area contributed by atoms with E-state index in [1.165, 1.54) is 0 Å². The number of ether oxygens (including phenoxy) is 4. The lowest BCUT2D eigenvalue weighted by atomic mass is 9.81. The van der Waals surface area contributed by atoms with Crippen LogP contribution in [0.5, 0.6) is 46.0 Å². The van der Waals surface area contributed by atoms with E-state index >= 15 is 24.0 Å². The van der Waals surface area contributed by atoms with Crippen LogP contribution in [0.3, 0.4) is 0 Å². The monoisotopic (exact) mass is 1540 g/mol. The van der Waals surface area contributed by atoms with Crippen LogP contribution in [-0.2, 0) is 54.9 Å². The topological polar surface area (TPSA) is 179 Å². The zero-order valence-corrected chi connectivity index (χ0v) is 69.6. The highest BCUT2D eigenvalue weighted by Crippen LogP contribution is 2.58. The van der Waals surface area contributed by atoms with Crippen molar-refractivity contribution >= 4 is 90.3 Å². The number of imide groups is 1. The fourth-order valence-corrected chi connectivity index (χ4v) is 15.4. The van der Waals surface area contributed by atoms with Gasteiger partial charge in [-0.3, -0.25) is 33.7 Å². The zero-order chi connectivity index (χ0) is 82.9. The SMILES string of the molecule is CC(C)(C)c1ccc(NC(=O)C(Cc2ccccc2)NC(=O)c2cc(Oc3ccc(C(C)(C)C)cc3)c3c4c(Oc5ccc(C(C)(C)C)cc5)cc5c6c(cc(Oc7ccc(C(C)(C)C)cc7)c(c7c(Oc8ccc(C(C)(C)C)cc8)cc(C=O)c2c73)c64)C(=O)N(C(Cc2ccccc2)C(=O)Nc2ccc(C(C)(C)C)cc2)C5=O)cc1. The van der Waals surface area contributed by atoms with Gasteiger partial charge in [0.25, 0.3) is 17.7 Å². The van der Waals surface area contributed by atoms with Gasteiger partial charge in [-0.1, -0.05) is 258 Å². The van der Waals surface area contributed by atoms with Gasteiger partial charge >= 0.3 is 0 Å². The van der Waals surface area contributed by atoms with E-state index in [0.29, 0.717) is 46.2 Å². The maximum absolute atomic E-state index is 16.9. The van der Waals surface area contributed by atoms with Crippen molar-refractivity contribution in [3.8, 4) is 46.0 Å². The smallest absolute Gasteiger partial charge is 0.262 e. The average Bonchev–Trinajstić information content (AvgIpc) is 0.674. The highest BCUT2D eigenvalue weighted by molar-refractivity contribution is 6.44.